The van der Waals surface area contributed by atoms with Gasteiger partial charge in [-0.2, -0.15) is 0 Å². The molecule has 1 aromatic carbocycles. The van der Waals surface area contributed by atoms with E-state index in [1.165, 1.54) is 11.3 Å². The van der Waals surface area contributed by atoms with Gasteiger partial charge in [0.05, 0.1) is 0 Å². The normalized spacial score (nSPS) is 14.9. The van der Waals surface area contributed by atoms with Crippen LogP contribution in [-0.4, -0.2) is 22.2 Å². The number of aliphatic hydroxyl groups excluding tert-OH is 2. The third kappa shape index (κ3) is 1.80. The standard InChI is InChI=1S/C11H11NO3S/c12-11(15)10(14)9(13)7-2-1-3-8-6(7)4-5-16-8/h1-5,9-10,13-14H,(H2,12,15). The fourth-order valence-corrected chi connectivity index (χ4v) is 2.42. The number of amides is 1. The first kappa shape index (κ1) is 11.1. The van der Waals surface area contributed by atoms with Gasteiger partial charge in [-0.15, -0.1) is 11.3 Å². The summed E-state index contributed by atoms with van der Waals surface area (Å²) < 4.78 is 0.994. The second-order valence-electron chi connectivity index (χ2n) is 3.47. The molecule has 0 aliphatic rings. The Morgan fingerprint density at radius 2 is 2.06 bits per heavy atom. The molecule has 0 fully saturated rings. The van der Waals surface area contributed by atoms with Crippen LogP contribution in [0.4, 0.5) is 0 Å². The highest BCUT2D eigenvalue weighted by Gasteiger charge is 2.24. The molecule has 5 heteroatoms. The quantitative estimate of drug-likeness (QED) is 0.737. The van der Waals surface area contributed by atoms with Gasteiger partial charge in [0.1, 0.15) is 6.10 Å². The second kappa shape index (κ2) is 4.21. The molecule has 2 aromatic rings. The van der Waals surface area contributed by atoms with E-state index in [0.717, 1.165) is 10.1 Å². The van der Waals surface area contributed by atoms with Crippen molar-refractivity contribution in [3.63, 3.8) is 0 Å². The fourth-order valence-electron chi connectivity index (χ4n) is 1.60. The van der Waals surface area contributed by atoms with Gasteiger partial charge in [-0.1, -0.05) is 12.1 Å². The van der Waals surface area contributed by atoms with Crippen LogP contribution in [0, 0.1) is 0 Å². The summed E-state index contributed by atoms with van der Waals surface area (Å²) in [6.07, 6.45) is -2.86. The molecule has 1 heterocycles. The molecule has 2 rings (SSSR count). The highest BCUT2D eigenvalue weighted by atomic mass is 32.1. The minimum atomic E-state index is -1.58. The summed E-state index contributed by atoms with van der Waals surface area (Å²) in [4.78, 5) is 10.8. The fraction of sp³-hybridized carbons (Fsp3) is 0.182. The van der Waals surface area contributed by atoms with Crippen LogP contribution in [0.1, 0.15) is 11.7 Å². The Kier molecular flexibility index (Phi) is 2.91. The molecule has 1 amide bonds. The van der Waals surface area contributed by atoms with Crippen LogP contribution in [0.2, 0.25) is 0 Å². The zero-order valence-corrected chi connectivity index (χ0v) is 9.15. The average Bonchev–Trinajstić information content (AvgIpc) is 2.74. The van der Waals surface area contributed by atoms with Crippen molar-refractivity contribution >= 4 is 27.3 Å². The van der Waals surface area contributed by atoms with Gasteiger partial charge < -0.3 is 15.9 Å². The predicted octanol–water partition coefficient (Wildman–Crippen LogP) is 0.781. The lowest BCUT2D eigenvalue weighted by Crippen LogP contribution is -2.33. The number of thiophene rings is 1. The smallest absolute Gasteiger partial charge is 0.249 e. The molecule has 0 aliphatic carbocycles. The van der Waals surface area contributed by atoms with Crippen molar-refractivity contribution in [2.75, 3.05) is 0 Å². The highest BCUT2D eigenvalue weighted by Crippen LogP contribution is 2.29. The van der Waals surface area contributed by atoms with E-state index >= 15 is 0 Å². The third-order valence-electron chi connectivity index (χ3n) is 2.44. The molecular weight excluding hydrogens is 226 g/mol. The SMILES string of the molecule is NC(=O)C(O)C(O)c1cccc2sccc12. The van der Waals surface area contributed by atoms with Gasteiger partial charge in [0.15, 0.2) is 6.10 Å². The van der Waals surface area contributed by atoms with E-state index < -0.39 is 18.1 Å². The number of aliphatic hydroxyl groups is 2. The summed E-state index contributed by atoms with van der Waals surface area (Å²) in [7, 11) is 0. The van der Waals surface area contributed by atoms with Gasteiger partial charge in [-0.25, -0.2) is 0 Å². The number of hydrogen-bond donors (Lipinski definition) is 3. The minimum absolute atomic E-state index is 0.519. The van der Waals surface area contributed by atoms with Gasteiger partial charge in [-0.3, -0.25) is 4.79 Å². The summed E-state index contributed by atoms with van der Waals surface area (Å²) in [5.41, 5.74) is 5.47. The Balaban J connectivity index is 2.46. The molecule has 1 aromatic heterocycles. The van der Waals surface area contributed by atoms with E-state index in [4.69, 9.17) is 5.73 Å². The summed E-state index contributed by atoms with van der Waals surface area (Å²) in [5, 5.41) is 22.0. The van der Waals surface area contributed by atoms with Crippen molar-refractivity contribution in [1.29, 1.82) is 0 Å². The molecule has 0 radical (unpaired) electrons. The van der Waals surface area contributed by atoms with Crippen molar-refractivity contribution < 1.29 is 15.0 Å². The van der Waals surface area contributed by atoms with Gasteiger partial charge in [0.2, 0.25) is 5.91 Å². The van der Waals surface area contributed by atoms with Gasteiger partial charge in [-0.05, 0) is 28.5 Å². The Hall–Kier alpha value is -1.43. The van der Waals surface area contributed by atoms with Crippen molar-refractivity contribution in [3.05, 3.63) is 35.2 Å². The zero-order chi connectivity index (χ0) is 11.7. The number of carbonyl (C=O) groups excluding carboxylic acids is 1. The Morgan fingerprint density at radius 1 is 1.31 bits per heavy atom. The molecule has 4 nitrogen and oxygen atoms in total. The number of fused-ring (bicyclic) bond motifs is 1. The summed E-state index contributed by atoms with van der Waals surface area (Å²) in [5.74, 6) is -0.931. The summed E-state index contributed by atoms with van der Waals surface area (Å²) in [6, 6.07) is 7.19. The van der Waals surface area contributed by atoms with Crippen LogP contribution in [0.15, 0.2) is 29.6 Å². The summed E-state index contributed by atoms with van der Waals surface area (Å²) >= 11 is 1.53. The van der Waals surface area contributed by atoms with E-state index in [2.05, 4.69) is 0 Å². The van der Waals surface area contributed by atoms with Crippen molar-refractivity contribution in [2.45, 2.75) is 12.2 Å². The number of benzene rings is 1. The molecule has 16 heavy (non-hydrogen) atoms. The molecule has 0 aliphatic heterocycles. The molecule has 2 atom stereocenters. The largest absolute Gasteiger partial charge is 0.385 e. The number of nitrogens with two attached hydrogens (primary N) is 1. The summed E-state index contributed by atoms with van der Waals surface area (Å²) in [6.45, 7) is 0. The Labute approximate surface area is 95.9 Å². The first-order valence-corrected chi connectivity index (χ1v) is 5.61. The van der Waals surface area contributed by atoms with Gasteiger partial charge >= 0.3 is 0 Å². The predicted molar refractivity (Wildman–Crippen MR) is 62.0 cm³/mol. The number of carbonyl (C=O) groups is 1. The maximum Gasteiger partial charge on any atom is 0.249 e. The molecule has 2 unspecified atom stereocenters. The first-order chi connectivity index (χ1) is 7.61. The van der Waals surface area contributed by atoms with Crippen molar-refractivity contribution in [3.8, 4) is 0 Å². The monoisotopic (exact) mass is 237 g/mol. The lowest BCUT2D eigenvalue weighted by atomic mass is 10.0. The third-order valence-corrected chi connectivity index (χ3v) is 3.32. The van der Waals surface area contributed by atoms with Crippen molar-refractivity contribution in [1.82, 2.24) is 0 Å². The molecule has 84 valence electrons. The number of rotatable bonds is 3. The van der Waals surface area contributed by atoms with Gasteiger partial charge in [0, 0.05) is 4.70 Å². The Bertz CT molecular complexity index is 523. The van der Waals surface area contributed by atoms with E-state index in [1.54, 1.807) is 12.1 Å². The van der Waals surface area contributed by atoms with Crippen LogP contribution < -0.4 is 5.73 Å². The lowest BCUT2D eigenvalue weighted by Gasteiger charge is -2.15. The van der Waals surface area contributed by atoms with Crippen LogP contribution in [0.3, 0.4) is 0 Å². The highest BCUT2D eigenvalue weighted by molar-refractivity contribution is 7.17. The molecular formula is C11H11NO3S. The lowest BCUT2D eigenvalue weighted by molar-refractivity contribution is -0.131. The number of hydrogen-bond acceptors (Lipinski definition) is 4. The second-order valence-corrected chi connectivity index (χ2v) is 4.42. The van der Waals surface area contributed by atoms with Crippen molar-refractivity contribution in [2.24, 2.45) is 5.73 Å². The van der Waals surface area contributed by atoms with Gasteiger partial charge in [0.25, 0.3) is 0 Å². The molecule has 0 saturated carbocycles. The Morgan fingerprint density at radius 3 is 2.75 bits per heavy atom. The molecule has 0 spiro atoms. The van der Waals surface area contributed by atoms with E-state index in [0.29, 0.717) is 5.56 Å². The van der Waals surface area contributed by atoms with Crippen LogP contribution in [0.5, 0.6) is 0 Å². The topological polar surface area (TPSA) is 83.6 Å². The minimum Gasteiger partial charge on any atom is -0.385 e. The molecule has 0 bridgehead atoms. The maximum atomic E-state index is 10.8. The van der Waals surface area contributed by atoms with Crippen LogP contribution in [0.25, 0.3) is 10.1 Å². The van der Waals surface area contributed by atoms with E-state index in [1.807, 2.05) is 17.5 Å². The number of primary amides is 1. The van der Waals surface area contributed by atoms with Crippen LogP contribution >= 0.6 is 11.3 Å². The maximum absolute atomic E-state index is 10.8. The first-order valence-electron chi connectivity index (χ1n) is 4.73. The van der Waals surface area contributed by atoms with E-state index in [-0.39, 0.29) is 0 Å². The van der Waals surface area contributed by atoms with Crippen LogP contribution in [-0.2, 0) is 4.79 Å². The zero-order valence-electron chi connectivity index (χ0n) is 8.33. The van der Waals surface area contributed by atoms with E-state index in [9.17, 15) is 15.0 Å². The molecule has 4 N–H and O–H groups in total. The molecule has 0 saturated heterocycles. The average molecular weight is 237 g/mol.